The molecule has 0 spiro atoms. The zero-order valence-corrected chi connectivity index (χ0v) is 22.5. The number of pyridine rings is 2. The van der Waals surface area contributed by atoms with Crippen LogP contribution >= 0.6 is 0 Å². The number of hydrogen-bond acceptors (Lipinski definition) is 5. The molecule has 4 aromatic rings. The standard InChI is InChI=1S/C29H32F2N6O2/c1-32-21-10-14-37(26(38)15-21)25-9-12-33-27-23(25)16-22(35(27)4)17-36-13-11-24(29(30,31)18-36)19-5-7-20(8-6-19)28(39)34(2)3/h5-10,12,14-16,24,32H,11,13,17-18H2,1-4H3/t24-/m0/s1. The minimum absolute atomic E-state index is 0.157. The lowest BCUT2D eigenvalue weighted by Crippen LogP contribution is -2.47. The first kappa shape index (κ1) is 26.6. The van der Waals surface area contributed by atoms with Gasteiger partial charge in [-0.1, -0.05) is 12.1 Å². The van der Waals surface area contributed by atoms with Crippen molar-refractivity contribution in [2.45, 2.75) is 24.8 Å². The number of aryl methyl sites for hydroxylation is 1. The Morgan fingerprint density at radius 3 is 2.54 bits per heavy atom. The van der Waals surface area contributed by atoms with Crippen LogP contribution in [-0.4, -0.2) is 70.0 Å². The van der Waals surface area contributed by atoms with Crippen molar-refractivity contribution in [3.8, 4) is 5.69 Å². The van der Waals surface area contributed by atoms with Gasteiger partial charge < -0.3 is 14.8 Å². The van der Waals surface area contributed by atoms with E-state index >= 15 is 8.78 Å². The van der Waals surface area contributed by atoms with Gasteiger partial charge in [0.15, 0.2) is 0 Å². The van der Waals surface area contributed by atoms with Crippen LogP contribution in [-0.2, 0) is 13.6 Å². The first-order valence-electron chi connectivity index (χ1n) is 12.8. The molecule has 1 amide bonds. The molecule has 0 unspecified atom stereocenters. The maximum absolute atomic E-state index is 15.4. The molecule has 0 saturated carbocycles. The highest BCUT2D eigenvalue weighted by Crippen LogP contribution is 2.41. The fraction of sp³-hybridized carbons (Fsp3) is 0.345. The highest BCUT2D eigenvalue weighted by Gasteiger charge is 2.45. The maximum atomic E-state index is 15.4. The van der Waals surface area contributed by atoms with E-state index in [-0.39, 0.29) is 18.0 Å². The average molecular weight is 535 g/mol. The van der Waals surface area contributed by atoms with Crippen LogP contribution in [0.1, 0.15) is 34.0 Å². The molecular formula is C29H32F2N6O2. The molecule has 1 aromatic carbocycles. The molecule has 1 saturated heterocycles. The predicted octanol–water partition coefficient (Wildman–Crippen LogP) is 4.09. The van der Waals surface area contributed by atoms with Gasteiger partial charge in [0.25, 0.3) is 17.4 Å². The average Bonchev–Trinajstić information content (AvgIpc) is 3.23. The van der Waals surface area contributed by atoms with E-state index < -0.39 is 11.8 Å². The van der Waals surface area contributed by atoms with Crippen molar-refractivity contribution in [3.05, 3.63) is 88.1 Å². The van der Waals surface area contributed by atoms with Crippen LogP contribution in [0.25, 0.3) is 16.7 Å². The quantitative estimate of drug-likeness (QED) is 0.403. The van der Waals surface area contributed by atoms with Crippen LogP contribution in [0.5, 0.6) is 0 Å². The number of nitrogens with zero attached hydrogens (tertiary/aromatic N) is 5. The highest BCUT2D eigenvalue weighted by atomic mass is 19.3. The van der Waals surface area contributed by atoms with Gasteiger partial charge in [0.2, 0.25) is 0 Å². The number of carbonyl (C=O) groups excluding carboxylic acids is 1. The fourth-order valence-electron chi connectivity index (χ4n) is 5.35. The number of benzene rings is 1. The van der Waals surface area contributed by atoms with Gasteiger partial charge in [0.05, 0.1) is 18.2 Å². The molecule has 1 aliphatic heterocycles. The second-order valence-corrected chi connectivity index (χ2v) is 10.3. The molecule has 1 N–H and O–H groups in total. The minimum atomic E-state index is -2.93. The molecule has 3 aromatic heterocycles. The van der Waals surface area contributed by atoms with E-state index in [1.165, 1.54) is 11.0 Å². The van der Waals surface area contributed by atoms with Crippen molar-refractivity contribution in [3.63, 3.8) is 0 Å². The summed E-state index contributed by atoms with van der Waals surface area (Å²) in [5.74, 6) is -4.00. The Labute approximate surface area is 225 Å². The normalized spacial score (nSPS) is 17.3. The van der Waals surface area contributed by atoms with Crippen LogP contribution in [0.4, 0.5) is 14.5 Å². The lowest BCUT2D eigenvalue weighted by atomic mass is 9.85. The van der Waals surface area contributed by atoms with Crippen molar-refractivity contribution in [2.75, 3.05) is 39.5 Å². The van der Waals surface area contributed by atoms with Crippen LogP contribution in [0, 0.1) is 0 Å². The van der Waals surface area contributed by atoms with Gasteiger partial charge in [-0.2, -0.15) is 0 Å². The van der Waals surface area contributed by atoms with Gasteiger partial charge >= 0.3 is 0 Å². The zero-order chi connectivity index (χ0) is 27.9. The van der Waals surface area contributed by atoms with Gasteiger partial charge in [-0.05, 0) is 48.9 Å². The third-order valence-electron chi connectivity index (χ3n) is 7.50. The number of anilines is 1. The Balaban J connectivity index is 1.36. The smallest absolute Gasteiger partial charge is 0.267 e. The third kappa shape index (κ3) is 5.04. The molecule has 1 aliphatic rings. The van der Waals surface area contributed by atoms with Crippen molar-refractivity contribution in [2.24, 2.45) is 7.05 Å². The Bertz CT molecular complexity index is 1580. The fourth-order valence-corrected chi connectivity index (χ4v) is 5.35. The summed E-state index contributed by atoms with van der Waals surface area (Å²) in [6.45, 7) is 0.465. The lowest BCUT2D eigenvalue weighted by molar-refractivity contribution is -0.0851. The number of carbonyl (C=O) groups is 1. The summed E-state index contributed by atoms with van der Waals surface area (Å²) >= 11 is 0. The number of amides is 1. The maximum Gasteiger partial charge on any atom is 0.267 e. The Hall–Kier alpha value is -4.05. The molecular weight excluding hydrogens is 502 g/mol. The molecule has 1 fully saturated rings. The third-order valence-corrected chi connectivity index (χ3v) is 7.50. The Morgan fingerprint density at radius 2 is 1.90 bits per heavy atom. The van der Waals surface area contributed by atoms with Gasteiger partial charge in [-0.25, -0.2) is 13.8 Å². The molecule has 0 aliphatic carbocycles. The second kappa shape index (κ2) is 10.3. The SMILES string of the molecule is CNc1ccn(-c2ccnc3c2cc(CN2CC[C@@H](c4ccc(C(=O)N(C)C)cc4)C(F)(F)C2)n3C)c(=O)c1. The summed E-state index contributed by atoms with van der Waals surface area (Å²) in [4.78, 5) is 32.6. The first-order chi connectivity index (χ1) is 18.6. The van der Waals surface area contributed by atoms with Gasteiger partial charge in [0, 0.05) is 75.5 Å². The summed E-state index contributed by atoms with van der Waals surface area (Å²) in [5, 5.41) is 3.74. The summed E-state index contributed by atoms with van der Waals surface area (Å²) in [7, 11) is 6.94. The Morgan fingerprint density at radius 1 is 1.15 bits per heavy atom. The summed E-state index contributed by atoms with van der Waals surface area (Å²) in [6, 6.07) is 13.6. The van der Waals surface area contributed by atoms with Gasteiger partial charge in [-0.3, -0.25) is 19.1 Å². The number of alkyl halides is 2. The van der Waals surface area contributed by atoms with E-state index in [9.17, 15) is 9.59 Å². The summed E-state index contributed by atoms with van der Waals surface area (Å²) in [5.41, 5.74) is 3.77. The summed E-state index contributed by atoms with van der Waals surface area (Å²) < 4.78 is 34.3. The van der Waals surface area contributed by atoms with Crippen molar-refractivity contribution in [1.29, 1.82) is 0 Å². The van der Waals surface area contributed by atoms with Gasteiger partial charge in [0.1, 0.15) is 5.65 Å². The van der Waals surface area contributed by atoms with Crippen LogP contribution < -0.4 is 10.9 Å². The zero-order valence-electron chi connectivity index (χ0n) is 22.5. The van der Waals surface area contributed by atoms with E-state index in [1.807, 2.05) is 23.7 Å². The molecule has 8 nitrogen and oxygen atoms in total. The molecule has 1 atom stereocenters. The lowest BCUT2D eigenvalue weighted by Gasteiger charge is -2.38. The summed E-state index contributed by atoms with van der Waals surface area (Å²) in [6.07, 6.45) is 3.66. The number of hydrogen-bond donors (Lipinski definition) is 1. The van der Waals surface area contributed by atoms with Crippen LogP contribution in [0.15, 0.2) is 65.7 Å². The largest absolute Gasteiger partial charge is 0.388 e. The molecule has 5 rings (SSSR count). The Kier molecular flexibility index (Phi) is 6.98. The van der Waals surface area contributed by atoms with E-state index in [4.69, 9.17) is 0 Å². The van der Waals surface area contributed by atoms with Crippen molar-refractivity contribution in [1.82, 2.24) is 23.9 Å². The van der Waals surface area contributed by atoms with Crippen molar-refractivity contribution >= 4 is 22.6 Å². The molecule has 39 heavy (non-hydrogen) atoms. The molecule has 0 bridgehead atoms. The van der Waals surface area contributed by atoms with E-state index in [0.29, 0.717) is 42.0 Å². The minimum Gasteiger partial charge on any atom is -0.388 e. The number of piperidine rings is 1. The van der Waals surface area contributed by atoms with Crippen LogP contribution in [0.3, 0.4) is 0 Å². The molecule has 10 heteroatoms. The van der Waals surface area contributed by atoms with E-state index in [0.717, 1.165) is 16.8 Å². The van der Waals surface area contributed by atoms with E-state index in [2.05, 4.69) is 10.3 Å². The van der Waals surface area contributed by atoms with E-state index in [1.54, 1.807) is 73.3 Å². The topological polar surface area (TPSA) is 75.4 Å². The number of aromatic nitrogens is 3. The van der Waals surface area contributed by atoms with Gasteiger partial charge in [-0.15, -0.1) is 0 Å². The number of halogens is 2. The number of likely N-dealkylation sites (tertiary alicyclic amines) is 1. The molecule has 0 radical (unpaired) electrons. The monoisotopic (exact) mass is 534 g/mol. The molecule has 4 heterocycles. The second-order valence-electron chi connectivity index (χ2n) is 10.3. The number of nitrogens with one attached hydrogen (secondary N) is 1. The predicted molar refractivity (Wildman–Crippen MR) is 148 cm³/mol. The molecule has 204 valence electrons. The first-order valence-corrected chi connectivity index (χ1v) is 12.8. The van der Waals surface area contributed by atoms with Crippen molar-refractivity contribution < 1.29 is 13.6 Å². The highest BCUT2D eigenvalue weighted by molar-refractivity contribution is 5.93. The van der Waals surface area contributed by atoms with Crippen LogP contribution in [0.2, 0.25) is 0 Å². The number of rotatable bonds is 6. The number of fused-ring (bicyclic) bond motifs is 1.